The molecule has 1 aromatic heterocycles. The van der Waals surface area contributed by atoms with Crippen molar-refractivity contribution in [3.63, 3.8) is 0 Å². The lowest BCUT2D eigenvalue weighted by Gasteiger charge is -2.01. The van der Waals surface area contributed by atoms with Crippen LogP contribution >= 0.6 is 11.8 Å². The number of hydrogen-bond acceptors (Lipinski definition) is 6. The van der Waals surface area contributed by atoms with Gasteiger partial charge in [-0.25, -0.2) is 4.68 Å². The average molecular weight is 228 g/mol. The van der Waals surface area contributed by atoms with Gasteiger partial charge in [0.25, 0.3) is 0 Å². The van der Waals surface area contributed by atoms with E-state index >= 15 is 0 Å². The summed E-state index contributed by atoms with van der Waals surface area (Å²) in [6, 6.07) is 0.478. The predicted octanol–water partition coefficient (Wildman–Crippen LogP) is 0.237. The van der Waals surface area contributed by atoms with Crippen LogP contribution in [0.1, 0.15) is 25.3 Å². The third-order valence-electron chi connectivity index (χ3n) is 2.07. The van der Waals surface area contributed by atoms with Gasteiger partial charge in [-0.2, -0.15) is 0 Å². The van der Waals surface area contributed by atoms with Crippen LogP contribution in [0, 0.1) is 0 Å². The summed E-state index contributed by atoms with van der Waals surface area (Å²) in [6.45, 7) is 0. The Bertz CT molecular complexity index is 360. The highest BCUT2D eigenvalue weighted by atomic mass is 32.2. The monoisotopic (exact) mass is 228 g/mol. The molecule has 82 valence electrons. The fourth-order valence-electron chi connectivity index (χ4n) is 1.13. The van der Waals surface area contributed by atoms with Crippen LogP contribution in [0.5, 0.6) is 0 Å². The first-order chi connectivity index (χ1) is 7.31. The molecule has 1 aliphatic carbocycles. The van der Waals surface area contributed by atoms with E-state index in [0.717, 1.165) is 18.0 Å². The number of tetrazole rings is 1. The number of thioether (sulfide) groups is 1. The van der Waals surface area contributed by atoms with Gasteiger partial charge in [-0.1, -0.05) is 16.9 Å². The highest BCUT2D eigenvalue weighted by Gasteiger charge is 2.27. The van der Waals surface area contributed by atoms with E-state index < -0.39 is 0 Å². The maximum absolute atomic E-state index is 8.35. The van der Waals surface area contributed by atoms with Crippen LogP contribution in [0.15, 0.2) is 10.3 Å². The number of amidine groups is 1. The van der Waals surface area contributed by atoms with Crippen molar-refractivity contribution < 1.29 is 5.21 Å². The first-order valence-electron chi connectivity index (χ1n) is 4.68. The van der Waals surface area contributed by atoms with E-state index in [1.807, 2.05) is 4.68 Å². The molecule has 7 nitrogen and oxygen atoms in total. The van der Waals surface area contributed by atoms with Gasteiger partial charge in [0.2, 0.25) is 5.16 Å². The van der Waals surface area contributed by atoms with Crippen molar-refractivity contribution in [1.82, 2.24) is 20.2 Å². The van der Waals surface area contributed by atoms with Crippen LogP contribution in [0.25, 0.3) is 0 Å². The molecule has 0 saturated heterocycles. The summed E-state index contributed by atoms with van der Waals surface area (Å²) in [5.41, 5.74) is 5.35. The van der Waals surface area contributed by atoms with Crippen molar-refractivity contribution in [3.8, 4) is 0 Å². The van der Waals surface area contributed by atoms with Crippen molar-refractivity contribution in [2.75, 3.05) is 5.75 Å². The molecule has 0 atom stereocenters. The van der Waals surface area contributed by atoms with Crippen LogP contribution in [0.2, 0.25) is 0 Å². The van der Waals surface area contributed by atoms with E-state index in [0.29, 0.717) is 18.2 Å². The predicted molar refractivity (Wildman–Crippen MR) is 54.8 cm³/mol. The van der Waals surface area contributed by atoms with E-state index in [-0.39, 0.29) is 5.84 Å². The Hall–Kier alpha value is -1.31. The molecule has 1 saturated carbocycles. The van der Waals surface area contributed by atoms with Gasteiger partial charge in [-0.15, -0.1) is 5.10 Å². The second-order valence-electron chi connectivity index (χ2n) is 3.33. The molecule has 3 N–H and O–H groups in total. The fourth-order valence-corrected chi connectivity index (χ4v) is 2.03. The van der Waals surface area contributed by atoms with Crippen LogP contribution in [0.4, 0.5) is 0 Å². The smallest absolute Gasteiger partial charge is 0.209 e. The summed E-state index contributed by atoms with van der Waals surface area (Å²) in [7, 11) is 0. The molecule has 0 radical (unpaired) electrons. The van der Waals surface area contributed by atoms with Crippen molar-refractivity contribution in [2.24, 2.45) is 10.9 Å². The van der Waals surface area contributed by atoms with Gasteiger partial charge in [0.1, 0.15) is 5.84 Å². The molecule has 8 heteroatoms. The molecule has 0 aliphatic heterocycles. The third kappa shape index (κ3) is 2.58. The van der Waals surface area contributed by atoms with Crippen molar-refractivity contribution in [1.29, 1.82) is 0 Å². The minimum Gasteiger partial charge on any atom is -0.409 e. The quantitative estimate of drug-likeness (QED) is 0.246. The number of rotatable bonds is 5. The lowest BCUT2D eigenvalue weighted by atomic mass is 10.5. The number of nitrogens with zero attached hydrogens (tertiary/aromatic N) is 5. The Morgan fingerprint density at radius 3 is 3.13 bits per heavy atom. The highest BCUT2D eigenvalue weighted by molar-refractivity contribution is 7.99. The molecule has 2 rings (SSSR count). The summed E-state index contributed by atoms with van der Waals surface area (Å²) in [5, 5.41) is 23.5. The number of nitrogens with two attached hydrogens (primary N) is 1. The molecule has 0 bridgehead atoms. The maximum atomic E-state index is 8.35. The SMILES string of the molecule is N/C(CCSc1nnnn1C1CC1)=N\O. The highest BCUT2D eigenvalue weighted by Crippen LogP contribution is 2.36. The molecule has 15 heavy (non-hydrogen) atoms. The standard InChI is InChI=1S/C7H12N6OS/c8-6(10-14)3-4-15-7-9-11-12-13(7)5-1-2-5/h5,14H,1-4H2,(H2,8,10). The normalized spacial score (nSPS) is 16.9. The third-order valence-corrected chi connectivity index (χ3v) is 3.01. The zero-order valence-corrected chi connectivity index (χ0v) is 8.89. The van der Waals surface area contributed by atoms with E-state index in [1.165, 1.54) is 11.8 Å². The molecule has 0 spiro atoms. The lowest BCUT2D eigenvalue weighted by Crippen LogP contribution is -2.12. The molecule has 0 unspecified atom stereocenters. The van der Waals surface area contributed by atoms with E-state index in [9.17, 15) is 0 Å². The molecule has 1 fully saturated rings. The molecule has 0 aromatic carbocycles. The number of oxime groups is 1. The van der Waals surface area contributed by atoms with Gasteiger partial charge in [0, 0.05) is 12.2 Å². The van der Waals surface area contributed by atoms with Crippen LogP contribution < -0.4 is 5.73 Å². The Kier molecular flexibility index (Phi) is 3.05. The zero-order chi connectivity index (χ0) is 10.7. The summed E-state index contributed by atoms with van der Waals surface area (Å²) in [5.74, 6) is 0.941. The summed E-state index contributed by atoms with van der Waals surface area (Å²) < 4.78 is 1.84. The van der Waals surface area contributed by atoms with Gasteiger partial charge in [0.15, 0.2) is 0 Å². The molecule has 1 heterocycles. The Labute approximate surface area is 90.7 Å². The van der Waals surface area contributed by atoms with Crippen LogP contribution in [0.3, 0.4) is 0 Å². The summed E-state index contributed by atoms with van der Waals surface area (Å²) in [4.78, 5) is 0. The maximum Gasteiger partial charge on any atom is 0.209 e. The van der Waals surface area contributed by atoms with Crippen molar-refractivity contribution in [2.45, 2.75) is 30.5 Å². The zero-order valence-electron chi connectivity index (χ0n) is 8.07. The molecule has 1 aliphatic rings. The second-order valence-corrected chi connectivity index (χ2v) is 4.39. The van der Waals surface area contributed by atoms with Crippen molar-refractivity contribution in [3.05, 3.63) is 0 Å². The number of hydrogen-bond donors (Lipinski definition) is 2. The Morgan fingerprint density at radius 2 is 2.47 bits per heavy atom. The van der Waals surface area contributed by atoms with Gasteiger partial charge >= 0.3 is 0 Å². The van der Waals surface area contributed by atoms with Gasteiger partial charge < -0.3 is 10.9 Å². The second kappa shape index (κ2) is 4.47. The van der Waals surface area contributed by atoms with Crippen LogP contribution in [-0.2, 0) is 0 Å². The van der Waals surface area contributed by atoms with Gasteiger partial charge in [-0.05, 0) is 23.3 Å². The van der Waals surface area contributed by atoms with E-state index in [1.54, 1.807) is 0 Å². The molecule has 0 amide bonds. The topological polar surface area (TPSA) is 102 Å². The lowest BCUT2D eigenvalue weighted by molar-refractivity contribution is 0.317. The first-order valence-corrected chi connectivity index (χ1v) is 5.67. The average Bonchev–Trinajstić information content (AvgIpc) is 2.99. The van der Waals surface area contributed by atoms with E-state index in [2.05, 4.69) is 20.7 Å². The fraction of sp³-hybridized carbons (Fsp3) is 0.714. The molecule has 1 aromatic rings. The van der Waals surface area contributed by atoms with E-state index in [4.69, 9.17) is 10.9 Å². The van der Waals surface area contributed by atoms with Gasteiger partial charge in [-0.3, -0.25) is 0 Å². The Morgan fingerprint density at radius 1 is 1.67 bits per heavy atom. The summed E-state index contributed by atoms with van der Waals surface area (Å²) in [6.07, 6.45) is 2.83. The van der Waals surface area contributed by atoms with Gasteiger partial charge in [0.05, 0.1) is 6.04 Å². The molecular weight excluding hydrogens is 216 g/mol. The Balaban J connectivity index is 1.85. The molecular formula is C7H12N6OS. The van der Waals surface area contributed by atoms with Crippen LogP contribution in [-0.4, -0.2) is 37.0 Å². The number of aromatic nitrogens is 4. The minimum absolute atomic E-state index is 0.230. The van der Waals surface area contributed by atoms with Crippen molar-refractivity contribution >= 4 is 17.6 Å². The first kappa shape index (κ1) is 10.2. The largest absolute Gasteiger partial charge is 0.409 e. The summed E-state index contributed by atoms with van der Waals surface area (Å²) >= 11 is 1.52. The minimum atomic E-state index is 0.230.